The molecule has 0 spiro atoms. The fourth-order valence-electron chi connectivity index (χ4n) is 2.76. The van der Waals surface area contributed by atoms with E-state index in [9.17, 15) is 9.59 Å². The summed E-state index contributed by atoms with van der Waals surface area (Å²) in [6.45, 7) is 0.103. The minimum Gasteiger partial charge on any atom is -0.493 e. The number of halogens is 1. The van der Waals surface area contributed by atoms with Crippen LogP contribution in [-0.2, 0) is 4.79 Å². The molecule has 0 bridgehead atoms. The number of hydrogen-bond donors (Lipinski definition) is 1. The zero-order chi connectivity index (χ0) is 18.3. The maximum atomic E-state index is 12.6. The van der Waals surface area contributed by atoms with Crippen molar-refractivity contribution in [1.82, 2.24) is 5.32 Å². The number of urea groups is 1. The van der Waals surface area contributed by atoms with Crippen molar-refractivity contribution in [3.8, 4) is 17.2 Å². The van der Waals surface area contributed by atoms with Gasteiger partial charge in [0.2, 0.25) is 12.5 Å². The first-order valence-corrected chi connectivity index (χ1v) is 8.05. The van der Waals surface area contributed by atoms with Gasteiger partial charge in [0.05, 0.1) is 12.8 Å². The Morgan fingerprint density at radius 3 is 2.69 bits per heavy atom. The van der Waals surface area contributed by atoms with Crippen molar-refractivity contribution in [2.24, 2.45) is 0 Å². The fraction of sp³-hybridized carbons (Fsp3) is 0.111. The summed E-state index contributed by atoms with van der Waals surface area (Å²) in [6.07, 6.45) is 1.56. The lowest BCUT2D eigenvalue weighted by molar-refractivity contribution is -0.113. The number of imide groups is 1. The van der Waals surface area contributed by atoms with E-state index in [0.29, 0.717) is 33.5 Å². The van der Waals surface area contributed by atoms with E-state index in [4.69, 9.17) is 25.8 Å². The topological polar surface area (TPSA) is 77.1 Å². The van der Waals surface area contributed by atoms with Crippen LogP contribution in [0.5, 0.6) is 17.2 Å². The highest BCUT2D eigenvalue weighted by molar-refractivity contribution is 6.31. The third kappa shape index (κ3) is 2.72. The Hall–Kier alpha value is -3.19. The summed E-state index contributed by atoms with van der Waals surface area (Å²) >= 11 is 5.85. The quantitative estimate of drug-likeness (QED) is 0.661. The second kappa shape index (κ2) is 6.27. The molecule has 26 heavy (non-hydrogen) atoms. The third-order valence-corrected chi connectivity index (χ3v) is 4.21. The van der Waals surface area contributed by atoms with Crippen LogP contribution < -0.4 is 24.4 Å². The lowest BCUT2D eigenvalue weighted by atomic mass is 10.1. The highest BCUT2D eigenvalue weighted by atomic mass is 35.5. The van der Waals surface area contributed by atoms with E-state index in [1.807, 2.05) is 0 Å². The molecule has 0 unspecified atom stereocenters. The van der Waals surface area contributed by atoms with Crippen molar-refractivity contribution >= 4 is 35.3 Å². The molecule has 1 saturated heterocycles. The number of ether oxygens (including phenoxy) is 3. The van der Waals surface area contributed by atoms with E-state index >= 15 is 0 Å². The van der Waals surface area contributed by atoms with Crippen molar-refractivity contribution in [2.45, 2.75) is 0 Å². The minimum absolute atomic E-state index is 0.103. The molecule has 2 aromatic rings. The van der Waals surface area contributed by atoms with E-state index in [-0.39, 0.29) is 12.5 Å². The summed E-state index contributed by atoms with van der Waals surface area (Å²) in [7, 11) is 1.51. The Labute approximate surface area is 153 Å². The summed E-state index contributed by atoms with van der Waals surface area (Å²) in [4.78, 5) is 25.9. The normalized spacial score (nSPS) is 17.0. The molecule has 2 aliphatic heterocycles. The summed E-state index contributed by atoms with van der Waals surface area (Å²) in [5.41, 5.74) is 1.21. The zero-order valence-corrected chi connectivity index (χ0v) is 14.4. The van der Waals surface area contributed by atoms with Crippen LogP contribution in [0.2, 0.25) is 5.02 Å². The van der Waals surface area contributed by atoms with Crippen LogP contribution in [0, 0.1) is 0 Å². The van der Waals surface area contributed by atoms with Crippen molar-refractivity contribution in [1.29, 1.82) is 0 Å². The monoisotopic (exact) mass is 372 g/mol. The minimum atomic E-state index is -0.531. The summed E-state index contributed by atoms with van der Waals surface area (Å²) < 4.78 is 16.0. The lowest BCUT2D eigenvalue weighted by Crippen LogP contribution is -2.30. The number of nitrogens with zero attached hydrogens (tertiary/aromatic N) is 1. The fourth-order valence-corrected chi connectivity index (χ4v) is 2.89. The first-order valence-electron chi connectivity index (χ1n) is 7.67. The molecule has 1 N–H and O–H groups in total. The molecule has 2 aliphatic rings. The standard InChI is InChI=1S/C18H13ClN2O5/c1-24-14-7-10(8-15-16(14)26-9-25-15)6-13-17(22)21(18(23)20-13)12-4-2-11(19)3-5-12/h2-8H,9H2,1H3,(H,20,23)/b13-6-. The Morgan fingerprint density at radius 1 is 1.19 bits per heavy atom. The molecule has 0 radical (unpaired) electrons. The second-order valence-corrected chi connectivity index (χ2v) is 6.00. The molecule has 2 heterocycles. The van der Waals surface area contributed by atoms with Crippen LogP contribution in [-0.4, -0.2) is 25.8 Å². The van der Waals surface area contributed by atoms with E-state index < -0.39 is 11.9 Å². The number of amides is 3. The smallest absolute Gasteiger partial charge is 0.333 e. The number of methoxy groups -OCH3 is 1. The van der Waals surface area contributed by atoms with E-state index in [1.165, 1.54) is 7.11 Å². The number of hydrogen-bond acceptors (Lipinski definition) is 5. The van der Waals surface area contributed by atoms with Gasteiger partial charge in [0, 0.05) is 5.02 Å². The van der Waals surface area contributed by atoms with Gasteiger partial charge in [-0.15, -0.1) is 0 Å². The largest absolute Gasteiger partial charge is 0.493 e. The van der Waals surface area contributed by atoms with E-state index in [1.54, 1.807) is 42.5 Å². The lowest BCUT2D eigenvalue weighted by Gasteiger charge is -2.11. The molecule has 1 fully saturated rings. The summed E-state index contributed by atoms with van der Waals surface area (Å²) in [5.74, 6) is 1.05. The van der Waals surface area contributed by atoms with Crippen LogP contribution in [0.1, 0.15) is 5.56 Å². The first-order chi connectivity index (χ1) is 12.6. The van der Waals surface area contributed by atoms with Crippen molar-refractivity contribution in [3.63, 3.8) is 0 Å². The third-order valence-electron chi connectivity index (χ3n) is 3.95. The number of rotatable bonds is 3. The molecule has 4 rings (SSSR count). The number of benzene rings is 2. The van der Waals surface area contributed by atoms with Crippen molar-refractivity contribution < 1.29 is 23.8 Å². The van der Waals surface area contributed by atoms with Gasteiger partial charge in [0.25, 0.3) is 5.91 Å². The number of carbonyl (C=O) groups excluding carboxylic acids is 2. The van der Waals surface area contributed by atoms with E-state index in [2.05, 4.69) is 5.32 Å². The molecule has 2 aromatic carbocycles. The molecule has 7 nitrogen and oxygen atoms in total. The number of nitrogens with one attached hydrogen (secondary N) is 1. The molecule has 3 amide bonds. The average molecular weight is 373 g/mol. The molecule has 8 heteroatoms. The highest BCUT2D eigenvalue weighted by Gasteiger charge is 2.35. The molecule has 0 saturated carbocycles. The molecular weight excluding hydrogens is 360 g/mol. The SMILES string of the molecule is COc1cc(/C=C2\NC(=O)N(c3ccc(Cl)cc3)C2=O)cc2c1OCO2. The Balaban J connectivity index is 1.68. The maximum Gasteiger partial charge on any atom is 0.333 e. The van der Waals surface area contributed by atoms with Crippen LogP contribution in [0.25, 0.3) is 6.08 Å². The van der Waals surface area contributed by atoms with Gasteiger partial charge in [-0.2, -0.15) is 0 Å². The second-order valence-electron chi connectivity index (χ2n) is 5.56. The van der Waals surface area contributed by atoms with E-state index in [0.717, 1.165) is 4.90 Å². The Bertz CT molecular complexity index is 939. The predicted octanol–water partition coefficient (Wildman–Crippen LogP) is 3.17. The van der Waals surface area contributed by atoms with Crippen LogP contribution in [0.4, 0.5) is 10.5 Å². The van der Waals surface area contributed by atoms with Gasteiger partial charge < -0.3 is 19.5 Å². The van der Waals surface area contributed by atoms with Crippen LogP contribution in [0.15, 0.2) is 42.1 Å². The van der Waals surface area contributed by atoms with Crippen LogP contribution >= 0.6 is 11.6 Å². The first kappa shape index (κ1) is 16.3. The summed E-state index contributed by atoms with van der Waals surface area (Å²) in [6, 6.07) is 9.31. The molecule has 0 aliphatic carbocycles. The van der Waals surface area contributed by atoms with Crippen LogP contribution in [0.3, 0.4) is 0 Å². The van der Waals surface area contributed by atoms with Gasteiger partial charge >= 0.3 is 6.03 Å². The van der Waals surface area contributed by atoms with Gasteiger partial charge in [-0.3, -0.25) is 4.79 Å². The maximum absolute atomic E-state index is 12.6. The molecule has 0 aromatic heterocycles. The zero-order valence-electron chi connectivity index (χ0n) is 13.6. The number of fused-ring (bicyclic) bond motifs is 1. The summed E-state index contributed by atoms with van der Waals surface area (Å²) in [5, 5.41) is 3.09. The van der Waals surface area contributed by atoms with Gasteiger partial charge in [-0.25, -0.2) is 9.69 Å². The number of anilines is 1. The van der Waals surface area contributed by atoms with Crippen molar-refractivity contribution in [3.05, 3.63) is 52.7 Å². The molecule has 0 atom stereocenters. The van der Waals surface area contributed by atoms with Gasteiger partial charge in [0.15, 0.2) is 11.5 Å². The van der Waals surface area contributed by atoms with Gasteiger partial charge in [0.1, 0.15) is 5.70 Å². The predicted molar refractivity (Wildman–Crippen MR) is 94.6 cm³/mol. The highest BCUT2D eigenvalue weighted by Crippen LogP contribution is 2.42. The van der Waals surface area contributed by atoms with Crippen molar-refractivity contribution in [2.75, 3.05) is 18.8 Å². The Kier molecular flexibility index (Phi) is 3.93. The average Bonchev–Trinajstić information content (AvgIpc) is 3.20. The van der Waals surface area contributed by atoms with Gasteiger partial charge in [-0.05, 0) is 48.0 Å². The molecular formula is C18H13ClN2O5. The van der Waals surface area contributed by atoms with Gasteiger partial charge in [-0.1, -0.05) is 11.6 Å². The number of carbonyl (C=O) groups is 2. The Morgan fingerprint density at radius 2 is 1.96 bits per heavy atom. The molecule has 132 valence electrons.